The maximum Gasteiger partial charge on any atom is 0.305 e. The molecule has 2 N–H and O–H groups in total. The molecule has 0 saturated heterocycles. The Morgan fingerprint density at radius 1 is 1.53 bits per heavy atom. The van der Waals surface area contributed by atoms with Crippen molar-refractivity contribution in [2.75, 3.05) is 0 Å². The van der Waals surface area contributed by atoms with E-state index in [9.17, 15) is 9.59 Å². The molecule has 0 bridgehead atoms. The molecule has 0 aromatic heterocycles. The summed E-state index contributed by atoms with van der Waals surface area (Å²) < 4.78 is 0. The van der Waals surface area contributed by atoms with Gasteiger partial charge in [0, 0.05) is 11.6 Å². The van der Waals surface area contributed by atoms with Gasteiger partial charge in [-0.25, -0.2) is 0 Å². The lowest BCUT2D eigenvalue weighted by Crippen LogP contribution is -2.34. The van der Waals surface area contributed by atoms with Crippen LogP contribution in [0, 0.1) is 11.3 Å². The second-order valence-corrected chi connectivity index (χ2v) is 3.66. The fourth-order valence-corrected chi connectivity index (χ4v) is 1.35. The first kappa shape index (κ1) is 12.7. The Hall–Kier alpha value is -2.35. The first-order chi connectivity index (χ1) is 8.02. The predicted molar refractivity (Wildman–Crippen MR) is 60.3 cm³/mol. The van der Waals surface area contributed by atoms with Crippen LogP contribution in [-0.2, 0) is 4.79 Å². The average molecular weight is 232 g/mol. The molecule has 88 valence electrons. The zero-order valence-corrected chi connectivity index (χ0v) is 9.30. The van der Waals surface area contributed by atoms with Crippen molar-refractivity contribution in [1.29, 1.82) is 5.26 Å². The van der Waals surface area contributed by atoms with Gasteiger partial charge in [-0.15, -0.1) is 0 Å². The lowest BCUT2D eigenvalue weighted by atomic mass is 10.1. The van der Waals surface area contributed by atoms with Crippen molar-refractivity contribution in [1.82, 2.24) is 5.32 Å². The Kier molecular flexibility index (Phi) is 4.23. The van der Waals surface area contributed by atoms with Crippen molar-refractivity contribution in [2.45, 2.75) is 19.4 Å². The van der Waals surface area contributed by atoms with Gasteiger partial charge in [-0.05, 0) is 25.1 Å². The minimum Gasteiger partial charge on any atom is -0.481 e. The quantitative estimate of drug-likeness (QED) is 0.814. The summed E-state index contributed by atoms with van der Waals surface area (Å²) in [5.41, 5.74) is 0.741. The molecule has 0 aliphatic carbocycles. The Morgan fingerprint density at radius 2 is 2.24 bits per heavy atom. The number of benzene rings is 1. The summed E-state index contributed by atoms with van der Waals surface area (Å²) >= 11 is 0. The molecule has 0 fully saturated rings. The van der Waals surface area contributed by atoms with Gasteiger partial charge in [0.15, 0.2) is 0 Å². The van der Waals surface area contributed by atoms with E-state index in [1.165, 1.54) is 6.07 Å². The molecule has 0 radical (unpaired) electrons. The molecule has 1 aromatic rings. The number of rotatable bonds is 4. The third kappa shape index (κ3) is 3.95. The molecule has 1 unspecified atom stereocenters. The number of nitrogens with one attached hydrogen (secondary N) is 1. The smallest absolute Gasteiger partial charge is 0.305 e. The summed E-state index contributed by atoms with van der Waals surface area (Å²) in [6.07, 6.45) is -0.135. The van der Waals surface area contributed by atoms with Gasteiger partial charge in [0.25, 0.3) is 5.91 Å². The van der Waals surface area contributed by atoms with Crippen molar-refractivity contribution in [3.8, 4) is 6.07 Å². The van der Waals surface area contributed by atoms with E-state index in [2.05, 4.69) is 5.32 Å². The zero-order chi connectivity index (χ0) is 12.8. The minimum atomic E-state index is -0.969. The summed E-state index contributed by atoms with van der Waals surface area (Å²) in [6.45, 7) is 1.61. The average Bonchev–Trinajstić information content (AvgIpc) is 2.27. The Labute approximate surface area is 98.7 Å². The van der Waals surface area contributed by atoms with Crippen molar-refractivity contribution < 1.29 is 14.7 Å². The number of carbonyl (C=O) groups excluding carboxylic acids is 1. The van der Waals surface area contributed by atoms with E-state index in [1.807, 2.05) is 6.07 Å². The highest BCUT2D eigenvalue weighted by atomic mass is 16.4. The molecule has 1 amide bonds. The van der Waals surface area contributed by atoms with Crippen LogP contribution >= 0.6 is 0 Å². The molecule has 0 aliphatic heterocycles. The van der Waals surface area contributed by atoms with E-state index in [0.717, 1.165) is 0 Å². The maximum atomic E-state index is 11.7. The number of hydrogen-bond acceptors (Lipinski definition) is 3. The monoisotopic (exact) mass is 232 g/mol. The van der Waals surface area contributed by atoms with E-state index < -0.39 is 12.0 Å². The number of carboxylic acids is 1. The van der Waals surface area contributed by atoms with Gasteiger partial charge in [-0.1, -0.05) is 6.07 Å². The number of carboxylic acid groups (broad SMARTS) is 1. The number of hydrogen-bond donors (Lipinski definition) is 2. The number of carbonyl (C=O) groups is 2. The zero-order valence-electron chi connectivity index (χ0n) is 9.30. The first-order valence-corrected chi connectivity index (χ1v) is 5.05. The van der Waals surface area contributed by atoms with Gasteiger partial charge in [-0.3, -0.25) is 9.59 Å². The SMILES string of the molecule is CC(CC(=O)O)NC(=O)c1cccc(C#N)c1. The van der Waals surface area contributed by atoms with Gasteiger partial charge < -0.3 is 10.4 Å². The molecule has 5 heteroatoms. The first-order valence-electron chi connectivity index (χ1n) is 5.05. The van der Waals surface area contributed by atoms with Gasteiger partial charge in [0.2, 0.25) is 0 Å². The summed E-state index contributed by atoms with van der Waals surface area (Å²) in [6, 6.07) is 7.72. The molecule has 5 nitrogen and oxygen atoms in total. The summed E-state index contributed by atoms with van der Waals surface area (Å²) in [5, 5.41) is 19.8. The standard InChI is InChI=1S/C12H12N2O3/c1-8(5-11(15)16)14-12(17)10-4-2-3-9(6-10)7-13/h2-4,6,8H,5H2,1H3,(H,14,17)(H,15,16). The van der Waals surface area contributed by atoms with Crippen molar-refractivity contribution in [3.05, 3.63) is 35.4 Å². The molecule has 1 atom stereocenters. The Morgan fingerprint density at radius 3 is 2.82 bits per heavy atom. The van der Waals surface area contributed by atoms with Crippen LogP contribution in [0.2, 0.25) is 0 Å². The number of aliphatic carboxylic acids is 1. The third-order valence-corrected chi connectivity index (χ3v) is 2.11. The predicted octanol–water partition coefficient (Wildman–Crippen LogP) is 1.15. The highest BCUT2D eigenvalue weighted by Gasteiger charge is 2.12. The number of nitriles is 1. The molecule has 0 saturated carbocycles. The van der Waals surface area contributed by atoms with Crippen molar-refractivity contribution >= 4 is 11.9 Å². The van der Waals surface area contributed by atoms with Crippen LogP contribution in [0.4, 0.5) is 0 Å². The maximum absolute atomic E-state index is 11.7. The topological polar surface area (TPSA) is 90.2 Å². The molecule has 0 spiro atoms. The van der Waals surface area contributed by atoms with Crippen LogP contribution < -0.4 is 5.32 Å². The Balaban J connectivity index is 2.70. The molecule has 1 aromatic carbocycles. The van der Waals surface area contributed by atoms with Gasteiger partial charge >= 0.3 is 5.97 Å². The lowest BCUT2D eigenvalue weighted by molar-refractivity contribution is -0.137. The van der Waals surface area contributed by atoms with E-state index >= 15 is 0 Å². The normalized spacial score (nSPS) is 11.3. The number of nitrogens with zero attached hydrogens (tertiary/aromatic N) is 1. The van der Waals surface area contributed by atoms with Crippen LogP contribution in [0.25, 0.3) is 0 Å². The van der Waals surface area contributed by atoms with E-state index in [1.54, 1.807) is 25.1 Å². The van der Waals surface area contributed by atoms with Gasteiger partial charge in [0.1, 0.15) is 0 Å². The van der Waals surface area contributed by atoms with Crippen molar-refractivity contribution in [3.63, 3.8) is 0 Å². The molecular formula is C12H12N2O3. The lowest BCUT2D eigenvalue weighted by Gasteiger charge is -2.11. The van der Waals surface area contributed by atoms with Crippen LogP contribution in [0.15, 0.2) is 24.3 Å². The van der Waals surface area contributed by atoms with Crippen LogP contribution in [0.5, 0.6) is 0 Å². The summed E-state index contributed by atoms with van der Waals surface area (Å²) in [4.78, 5) is 22.1. The van der Waals surface area contributed by atoms with Crippen LogP contribution in [0.3, 0.4) is 0 Å². The van der Waals surface area contributed by atoms with Crippen molar-refractivity contribution in [2.24, 2.45) is 0 Å². The summed E-state index contributed by atoms with van der Waals surface area (Å²) in [5.74, 6) is -1.35. The van der Waals surface area contributed by atoms with E-state index in [0.29, 0.717) is 11.1 Å². The third-order valence-electron chi connectivity index (χ3n) is 2.11. The highest BCUT2D eigenvalue weighted by Crippen LogP contribution is 2.04. The van der Waals surface area contributed by atoms with Gasteiger partial charge in [0.05, 0.1) is 18.1 Å². The second kappa shape index (κ2) is 5.66. The van der Waals surface area contributed by atoms with Gasteiger partial charge in [-0.2, -0.15) is 5.26 Å². The fourth-order valence-electron chi connectivity index (χ4n) is 1.35. The largest absolute Gasteiger partial charge is 0.481 e. The number of amides is 1. The van der Waals surface area contributed by atoms with E-state index in [-0.39, 0.29) is 12.3 Å². The highest BCUT2D eigenvalue weighted by molar-refractivity contribution is 5.94. The Bertz CT molecular complexity index is 477. The molecule has 0 aliphatic rings. The molecule has 17 heavy (non-hydrogen) atoms. The van der Waals surface area contributed by atoms with Crippen LogP contribution in [0.1, 0.15) is 29.3 Å². The fraction of sp³-hybridized carbons (Fsp3) is 0.250. The second-order valence-electron chi connectivity index (χ2n) is 3.66. The molecular weight excluding hydrogens is 220 g/mol. The summed E-state index contributed by atoms with van der Waals surface area (Å²) in [7, 11) is 0. The molecule has 1 rings (SSSR count). The van der Waals surface area contributed by atoms with Crippen LogP contribution in [-0.4, -0.2) is 23.0 Å². The minimum absolute atomic E-state index is 0.135. The molecule has 0 heterocycles. The van der Waals surface area contributed by atoms with E-state index in [4.69, 9.17) is 10.4 Å².